The lowest BCUT2D eigenvalue weighted by molar-refractivity contribution is -0.120. The van der Waals surface area contributed by atoms with Crippen molar-refractivity contribution in [3.05, 3.63) is 16.0 Å². The highest BCUT2D eigenvalue weighted by Gasteiger charge is 2.36. The van der Waals surface area contributed by atoms with Crippen LogP contribution in [0.5, 0.6) is 0 Å². The summed E-state index contributed by atoms with van der Waals surface area (Å²) in [7, 11) is -2.28. The first-order valence-corrected chi connectivity index (χ1v) is 12.8. The number of carbonyl (C=O) groups is 3. The van der Waals surface area contributed by atoms with E-state index in [2.05, 4.69) is 5.32 Å². The number of piperidine rings is 1. The minimum Gasteiger partial charge on any atom is -0.465 e. The molecule has 0 bridgehead atoms. The van der Waals surface area contributed by atoms with E-state index >= 15 is 0 Å². The van der Waals surface area contributed by atoms with Gasteiger partial charge in [-0.3, -0.25) is 4.79 Å². The average Bonchev–Trinajstić information content (AvgIpc) is 3.09. The highest BCUT2D eigenvalue weighted by atomic mass is 32.2. The number of anilines is 1. The molecule has 172 valence electrons. The predicted octanol–water partition coefficient (Wildman–Crippen LogP) is 1.80. The summed E-state index contributed by atoms with van der Waals surface area (Å²) in [6.07, 6.45) is 2.92. The van der Waals surface area contributed by atoms with Gasteiger partial charge >= 0.3 is 12.1 Å². The fourth-order valence-corrected chi connectivity index (χ4v) is 6.32. The van der Waals surface area contributed by atoms with Crippen molar-refractivity contribution in [3.63, 3.8) is 0 Å². The summed E-state index contributed by atoms with van der Waals surface area (Å²) in [5, 5.41) is 3.07. The van der Waals surface area contributed by atoms with E-state index in [9.17, 15) is 22.8 Å². The highest BCUT2D eigenvalue weighted by molar-refractivity contribution is 7.88. The predicted molar refractivity (Wildman–Crippen MR) is 115 cm³/mol. The first-order chi connectivity index (χ1) is 14.7. The summed E-state index contributed by atoms with van der Waals surface area (Å²) in [6, 6.07) is -0.829. The van der Waals surface area contributed by atoms with Crippen LogP contribution in [0.2, 0.25) is 0 Å². The van der Waals surface area contributed by atoms with Crippen molar-refractivity contribution in [2.45, 2.75) is 45.2 Å². The normalized spacial score (nSPS) is 19.5. The Morgan fingerprint density at radius 1 is 1.23 bits per heavy atom. The molecule has 2 amide bonds. The molecule has 12 heteroatoms. The molecule has 0 saturated carbocycles. The topological polar surface area (TPSA) is 122 Å². The molecule has 1 N–H and O–H groups in total. The van der Waals surface area contributed by atoms with Gasteiger partial charge in [0.15, 0.2) is 0 Å². The Kier molecular flexibility index (Phi) is 7.22. The SMILES string of the molecule is CCOC(=O)N1CCc2c(sc(NC(=O)C3CCCCN3S(C)(=O)=O)c2C(=O)OC)C1. The number of thiophene rings is 1. The Balaban J connectivity index is 1.88. The van der Waals surface area contributed by atoms with Crippen molar-refractivity contribution in [3.8, 4) is 0 Å². The number of sulfonamides is 1. The lowest BCUT2D eigenvalue weighted by atomic mass is 10.0. The summed E-state index contributed by atoms with van der Waals surface area (Å²) in [6.45, 7) is 2.92. The molecule has 0 aromatic carbocycles. The second kappa shape index (κ2) is 9.53. The molecule has 1 aromatic rings. The zero-order valence-corrected chi connectivity index (χ0v) is 19.4. The number of rotatable bonds is 5. The fraction of sp³-hybridized carbons (Fsp3) is 0.632. The number of amides is 2. The average molecular weight is 474 g/mol. The minimum atomic E-state index is -3.54. The number of methoxy groups -OCH3 is 1. The molecule has 1 fully saturated rings. The van der Waals surface area contributed by atoms with Gasteiger partial charge in [0.2, 0.25) is 15.9 Å². The van der Waals surface area contributed by atoms with E-state index < -0.39 is 34.0 Å². The van der Waals surface area contributed by atoms with Gasteiger partial charge in [0, 0.05) is 18.0 Å². The summed E-state index contributed by atoms with van der Waals surface area (Å²) in [5.41, 5.74) is 0.998. The van der Waals surface area contributed by atoms with Crippen LogP contribution in [0, 0.1) is 0 Å². The van der Waals surface area contributed by atoms with E-state index in [-0.39, 0.29) is 25.3 Å². The maximum Gasteiger partial charge on any atom is 0.410 e. The largest absolute Gasteiger partial charge is 0.465 e. The molecule has 0 radical (unpaired) electrons. The standard InChI is InChI=1S/C19H27N3O7S2/c1-4-29-19(25)21-10-8-12-14(11-21)30-17(15(12)18(24)28-2)20-16(23)13-7-5-6-9-22(13)31(3,26)27/h13H,4-11H2,1-3H3,(H,20,23). The van der Waals surface area contributed by atoms with Crippen molar-refractivity contribution in [1.29, 1.82) is 0 Å². The Labute approximate surface area is 185 Å². The van der Waals surface area contributed by atoms with E-state index in [1.807, 2.05) is 0 Å². The second-order valence-electron chi connectivity index (χ2n) is 7.44. The zero-order chi connectivity index (χ0) is 22.8. The first kappa shape index (κ1) is 23.5. The molecule has 1 saturated heterocycles. The number of ether oxygens (including phenoxy) is 2. The van der Waals surface area contributed by atoms with Gasteiger partial charge in [-0.1, -0.05) is 6.42 Å². The number of nitrogens with one attached hydrogen (secondary N) is 1. The molecule has 0 aliphatic carbocycles. The summed E-state index contributed by atoms with van der Waals surface area (Å²) >= 11 is 1.20. The quantitative estimate of drug-likeness (QED) is 0.647. The third-order valence-electron chi connectivity index (χ3n) is 5.39. The smallest absolute Gasteiger partial charge is 0.410 e. The van der Waals surface area contributed by atoms with Crippen LogP contribution in [0.4, 0.5) is 9.80 Å². The molecule has 1 aromatic heterocycles. The number of hydrogen-bond donors (Lipinski definition) is 1. The highest BCUT2D eigenvalue weighted by Crippen LogP contribution is 2.38. The lowest BCUT2D eigenvalue weighted by Gasteiger charge is -2.32. The van der Waals surface area contributed by atoms with Gasteiger partial charge in [-0.15, -0.1) is 11.3 Å². The van der Waals surface area contributed by atoms with Gasteiger partial charge in [0.25, 0.3) is 0 Å². The van der Waals surface area contributed by atoms with Gasteiger partial charge in [-0.2, -0.15) is 4.31 Å². The van der Waals surface area contributed by atoms with E-state index in [0.717, 1.165) is 23.1 Å². The van der Waals surface area contributed by atoms with Crippen LogP contribution >= 0.6 is 11.3 Å². The summed E-state index contributed by atoms with van der Waals surface area (Å²) in [4.78, 5) is 39.9. The van der Waals surface area contributed by atoms with E-state index in [1.165, 1.54) is 22.8 Å². The zero-order valence-electron chi connectivity index (χ0n) is 17.8. The minimum absolute atomic E-state index is 0.261. The lowest BCUT2D eigenvalue weighted by Crippen LogP contribution is -2.49. The number of fused-ring (bicyclic) bond motifs is 1. The fourth-order valence-electron chi connectivity index (χ4n) is 3.94. The molecule has 2 aliphatic heterocycles. The number of esters is 1. The van der Waals surface area contributed by atoms with Gasteiger partial charge in [-0.25, -0.2) is 18.0 Å². The maximum absolute atomic E-state index is 13.0. The molecule has 31 heavy (non-hydrogen) atoms. The van der Waals surface area contributed by atoms with Crippen LogP contribution in [-0.4, -0.2) is 74.7 Å². The van der Waals surface area contributed by atoms with Crippen molar-refractivity contribution in [2.75, 3.05) is 38.4 Å². The first-order valence-electron chi connectivity index (χ1n) is 10.1. The van der Waals surface area contributed by atoms with Gasteiger partial charge in [-0.05, 0) is 31.7 Å². The van der Waals surface area contributed by atoms with Crippen LogP contribution in [0.25, 0.3) is 0 Å². The second-order valence-corrected chi connectivity index (χ2v) is 10.5. The summed E-state index contributed by atoms with van der Waals surface area (Å²) in [5.74, 6) is -1.06. The molecule has 3 rings (SSSR count). The summed E-state index contributed by atoms with van der Waals surface area (Å²) < 4.78 is 35.4. The van der Waals surface area contributed by atoms with Crippen LogP contribution < -0.4 is 5.32 Å². The third kappa shape index (κ3) is 5.01. The van der Waals surface area contributed by atoms with Crippen molar-refractivity contribution < 1.29 is 32.3 Å². The van der Waals surface area contributed by atoms with Crippen LogP contribution in [0.15, 0.2) is 0 Å². The molecule has 2 aliphatic rings. The van der Waals surface area contributed by atoms with Crippen LogP contribution in [0.3, 0.4) is 0 Å². The monoisotopic (exact) mass is 473 g/mol. The van der Waals surface area contributed by atoms with Crippen LogP contribution in [0.1, 0.15) is 47.0 Å². The van der Waals surface area contributed by atoms with Crippen molar-refractivity contribution in [1.82, 2.24) is 9.21 Å². The molecule has 1 atom stereocenters. The Hall–Kier alpha value is -2.18. The van der Waals surface area contributed by atoms with Crippen molar-refractivity contribution in [2.24, 2.45) is 0 Å². The van der Waals surface area contributed by atoms with E-state index in [0.29, 0.717) is 30.8 Å². The molecular formula is C19H27N3O7S2. The van der Waals surface area contributed by atoms with Crippen LogP contribution in [-0.2, 0) is 37.3 Å². The molecule has 10 nitrogen and oxygen atoms in total. The molecule has 0 spiro atoms. The number of carbonyl (C=O) groups excluding carboxylic acids is 3. The Morgan fingerprint density at radius 3 is 2.61 bits per heavy atom. The Morgan fingerprint density at radius 2 is 1.97 bits per heavy atom. The van der Waals surface area contributed by atoms with E-state index in [1.54, 1.807) is 11.8 Å². The van der Waals surface area contributed by atoms with Gasteiger partial charge in [0.05, 0.1) is 32.1 Å². The van der Waals surface area contributed by atoms with Gasteiger partial charge < -0.3 is 19.7 Å². The van der Waals surface area contributed by atoms with Crippen molar-refractivity contribution >= 4 is 44.3 Å². The molecular weight excluding hydrogens is 446 g/mol. The number of nitrogens with zero attached hydrogens (tertiary/aromatic N) is 2. The van der Waals surface area contributed by atoms with E-state index in [4.69, 9.17) is 9.47 Å². The molecule has 3 heterocycles. The Bertz CT molecular complexity index is 973. The maximum atomic E-state index is 13.0. The van der Waals surface area contributed by atoms with Gasteiger partial charge in [0.1, 0.15) is 11.0 Å². The molecule has 1 unspecified atom stereocenters. The number of hydrogen-bond acceptors (Lipinski definition) is 8. The third-order valence-corrected chi connectivity index (χ3v) is 7.81.